The Hall–Kier alpha value is -0.870. The van der Waals surface area contributed by atoms with Crippen molar-refractivity contribution in [1.29, 1.82) is 0 Å². The molecule has 1 N–H and O–H groups in total. The fourth-order valence-electron chi connectivity index (χ4n) is 1.90. The van der Waals surface area contributed by atoms with E-state index in [0.29, 0.717) is 0 Å². The van der Waals surface area contributed by atoms with E-state index in [1.165, 1.54) is 19.4 Å². The average molecular weight is 238 g/mol. The van der Waals surface area contributed by atoms with E-state index in [2.05, 4.69) is 33.6 Å². The van der Waals surface area contributed by atoms with Gasteiger partial charge in [0.25, 0.3) is 0 Å². The van der Waals surface area contributed by atoms with Crippen LogP contribution in [0.1, 0.15) is 26.7 Å². The van der Waals surface area contributed by atoms with Crippen LogP contribution in [-0.2, 0) is 6.54 Å². The quantitative estimate of drug-likeness (QED) is 0.629. The maximum Gasteiger partial charge on any atom is 0.0945 e. The molecule has 0 radical (unpaired) electrons. The summed E-state index contributed by atoms with van der Waals surface area (Å²) in [5.41, 5.74) is 0. The van der Waals surface area contributed by atoms with Gasteiger partial charge in [0.1, 0.15) is 0 Å². The van der Waals surface area contributed by atoms with Crippen molar-refractivity contribution in [2.75, 3.05) is 32.7 Å². The molecule has 0 aliphatic carbocycles. The second kappa shape index (κ2) is 9.19. The number of imidazole rings is 1. The summed E-state index contributed by atoms with van der Waals surface area (Å²) in [5, 5.41) is 3.49. The zero-order valence-electron chi connectivity index (χ0n) is 11.2. The lowest BCUT2D eigenvalue weighted by Crippen LogP contribution is -2.27. The van der Waals surface area contributed by atoms with Crippen molar-refractivity contribution >= 4 is 0 Å². The van der Waals surface area contributed by atoms with E-state index in [1.807, 2.05) is 18.7 Å². The minimum absolute atomic E-state index is 1.06. The van der Waals surface area contributed by atoms with Gasteiger partial charge in [0.15, 0.2) is 0 Å². The third kappa shape index (κ3) is 6.44. The largest absolute Gasteiger partial charge is 0.337 e. The summed E-state index contributed by atoms with van der Waals surface area (Å²) in [6.07, 6.45) is 8.13. The van der Waals surface area contributed by atoms with E-state index in [4.69, 9.17) is 0 Å². The van der Waals surface area contributed by atoms with Crippen molar-refractivity contribution in [3.8, 4) is 0 Å². The molecular formula is C13H26N4. The molecule has 1 heterocycles. The highest BCUT2D eigenvalue weighted by Gasteiger charge is 1.97. The Labute approximate surface area is 105 Å². The smallest absolute Gasteiger partial charge is 0.0945 e. The Morgan fingerprint density at radius 3 is 2.59 bits per heavy atom. The second-order valence-corrected chi connectivity index (χ2v) is 4.28. The highest BCUT2D eigenvalue weighted by Crippen LogP contribution is 1.91. The number of nitrogens with zero attached hydrogens (tertiary/aromatic N) is 3. The number of nitrogens with one attached hydrogen (secondary N) is 1. The maximum absolute atomic E-state index is 4.03. The molecule has 0 saturated heterocycles. The molecule has 1 aromatic heterocycles. The molecule has 4 heteroatoms. The van der Waals surface area contributed by atoms with Crippen molar-refractivity contribution < 1.29 is 0 Å². The van der Waals surface area contributed by atoms with Crippen molar-refractivity contribution in [2.45, 2.75) is 33.2 Å². The zero-order valence-corrected chi connectivity index (χ0v) is 11.2. The predicted molar refractivity (Wildman–Crippen MR) is 72.1 cm³/mol. The van der Waals surface area contributed by atoms with Crippen LogP contribution in [0.3, 0.4) is 0 Å². The van der Waals surface area contributed by atoms with E-state index in [-0.39, 0.29) is 0 Å². The van der Waals surface area contributed by atoms with Crippen LogP contribution < -0.4 is 5.32 Å². The summed E-state index contributed by atoms with van der Waals surface area (Å²) in [5.74, 6) is 0. The van der Waals surface area contributed by atoms with Crippen molar-refractivity contribution in [3.63, 3.8) is 0 Å². The Balaban J connectivity index is 1.87. The minimum Gasteiger partial charge on any atom is -0.337 e. The predicted octanol–water partition coefficient (Wildman–Crippen LogP) is 1.59. The molecule has 0 amide bonds. The fraction of sp³-hybridized carbons (Fsp3) is 0.769. The van der Waals surface area contributed by atoms with Gasteiger partial charge in [-0.2, -0.15) is 0 Å². The number of aromatic nitrogens is 2. The van der Waals surface area contributed by atoms with E-state index in [0.717, 1.165) is 32.7 Å². The van der Waals surface area contributed by atoms with Gasteiger partial charge in [0, 0.05) is 18.9 Å². The van der Waals surface area contributed by atoms with Crippen LogP contribution in [0.5, 0.6) is 0 Å². The summed E-state index contributed by atoms with van der Waals surface area (Å²) in [7, 11) is 0. The highest BCUT2D eigenvalue weighted by molar-refractivity contribution is 4.73. The van der Waals surface area contributed by atoms with Crippen molar-refractivity contribution in [2.24, 2.45) is 0 Å². The van der Waals surface area contributed by atoms with Gasteiger partial charge in [-0.15, -0.1) is 0 Å². The first-order valence-corrected chi connectivity index (χ1v) is 6.75. The van der Waals surface area contributed by atoms with Crippen molar-refractivity contribution in [1.82, 2.24) is 19.8 Å². The van der Waals surface area contributed by atoms with Crippen LogP contribution >= 0.6 is 0 Å². The van der Waals surface area contributed by atoms with E-state index < -0.39 is 0 Å². The number of hydrogen-bond donors (Lipinski definition) is 1. The SMILES string of the molecule is CCN(CC)CCCNCCCn1ccnc1. The number of rotatable bonds is 10. The second-order valence-electron chi connectivity index (χ2n) is 4.28. The number of hydrogen-bond acceptors (Lipinski definition) is 3. The average Bonchev–Trinajstić information content (AvgIpc) is 2.86. The Morgan fingerprint density at radius 1 is 1.18 bits per heavy atom. The molecule has 98 valence electrons. The molecule has 1 aromatic rings. The molecule has 17 heavy (non-hydrogen) atoms. The summed E-state index contributed by atoms with van der Waals surface area (Å²) in [4.78, 5) is 6.49. The van der Waals surface area contributed by atoms with Crippen LogP contribution in [0.4, 0.5) is 0 Å². The van der Waals surface area contributed by atoms with Crippen LogP contribution in [0.15, 0.2) is 18.7 Å². The molecule has 0 saturated carbocycles. The third-order valence-corrected chi connectivity index (χ3v) is 3.05. The van der Waals surface area contributed by atoms with Crippen LogP contribution in [0, 0.1) is 0 Å². The highest BCUT2D eigenvalue weighted by atomic mass is 15.1. The first kappa shape index (κ1) is 14.2. The van der Waals surface area contributed by atoms with Gasteiger partial charge in [-0.1, -0.05) is 13.8 Å². The minimum atomic E-state index is 1.06. The van der Waals surface area contributed by atoms with E-state index in [9.17, 15) is 0 Å². The van der Waals surface area contributed by atoms with Gasteiger partial charge in [-0.3, -0.25) is 0 Å². The Bertz CT molecular complexity index is 254. The lowest BCUT2D eigenvalue weighted by molar-refractivity contribution is 0.298. The molecule has 0 aliphatic rings. The van der Waals surface area contributed by atoms with E-state index in [1.54, 1.807) is 0 Å². The molecule has 0 bridgehead atoms. The molecule has 0 aromatic carbocycles. The lowest BCUT2D eigenvalue weighted by Gasteiger charge is -2.17. The summed E-state index contributed by atoms with van der Waals surface area (Å²) >= 11 is 0. The molecule has 0 unspecified atom stereocenters. The van der Waals surface area contributed by atoms with Crippen LogP contribution in [-0.4, -0.2) is 47.2 Å². The Kier molecular flexibility index (Phi) is 7.67. The molecule has 0 atom stereocenters. The lowest BCUT2D eigenvalue weighted by atomic mass is 10.3. The Morgan fingerprint density at radius 2 is 1.94 bits per heavy atom. The standard InChI is InChI=1S/C13H26N4/c1-3-16(4-2)10-5-7-14-8-6-11-17-12-9-15-13-17/h9,12-14H,3-8,10-11H2,1-2H3. The first-order valence-electron chi connectivity index (χ1n) is 6.75. The van der Waals surface area contributed by atoms with E-state index >= 15 is 0 Å². The number of aryl methyl sites for hydroxylation is 1. The van der Waals surface area contributed by atoms with Gasteiger partial charge >= 0.3 is 0 Å². The van der Waals surface area contributed by atoms with Crippen molar-refractivity contribution in [3.05, 3.63) is 18.7 Å². The van der Waals surface area contributed by atoms with Gasteiger partial charge in [0.2, 0.25) is 0 Å². The van der Waals surface area contributed by atoms with Gasteiger partial charge in [-0.25, -0.2) is 4.98 Å². The van der Waals surface area contributed by atoms with Crippen LogP contribution in [0.25, 0.3) is 0 Å². The molecule has 1 rings (SSSR count). The molecular weight excluding hydrogens is 212 g/mol. The first-order chi connectivity index (χ1) is 8.36. The van der Waals surface area contributed by atoms with Crippen LogP contribution in [0.2, 0.25) is 0 Å². The fourth-order valence-corrected chi connectivity index (χ4v) is 1.90. The summed E-state index contributed by atoms with van der Waals surface area (Å²) < 4.78 is 2.12. The van der Waals surface area contributed by atoms with Gasteiger partial charge < -0.3 is 14.8 Å². The topological polar surface area (TPSA) is 33.1 Å². The maximum atomic E-state index is 4.03. The summed E-state index contributed by atoms with van der Waals surface area (Å²) in [6, 6.07) is 0. The van der Waals surface area contributed by atoms with Gasteiger partial charge in [-0.05, 0) is 45.6 Å². The monoisotopic (exact) mass is 238 g/mol. The zero-order chi connectivity index (χ0) is 12.3. The molecule has 0 aliphatic heterocycles. The molecule has 4 nitrogen and oxygen atoms in total. The normalized spacial score (nSPS) is 11.2. The third-order valence-electron chi connectivity index (χ3n) is 3.05. The molecule has 0 spiro atoms. The summed E-state index contributed by atoms with van der Waals surface area (Å²) in [6.45, 7) is 11.3. The molecule has 0 fully saturated rings. The van der Waals surface area contributed by atoms with Gasteiger partial charge in [0.05, 0.1) is 6.33 Å².